The van der Waals surface area contributed by atoms with Crippen molar-refractivity contribution in [1.29, 1.82) is 0 Å². The lowest BCUT2D eigenvalue weighted by molar-refractivity contribution is -0.0657. The fourth-order valence-corrected chi connectivity index (χ4v) is 3.46. The summed E-state index contributed by atoms with van der Waals surface area (Å²) in [5.41, 5.74) is 2.84. The van der Waals surface area contributed by atoms with E-state index in [1.807, 2.05) is 7.11 Å². The van der Waals surface area contributed by atoms with Gasteiger partial charge in [-0.1, -0.05) is 43.5 Å². The van der Waals surface area contributed by atoms with E-state index in [0.717, 1.165) is 6.42 Å². The highest BCUT2D eigenvalue weighted by molar-refractivity contribution is 5.27. The van der Waals surface area contributed by atoms with Gasteiger partial charge in [0.25, 0.3) is 0 Å². The summed E-state index contributed by atoms with van der Waals surface area (Å²) in [5.74, 6) is 0. The molecule has 0 heterocycles. The van der Waals surface area contributed by atoms with E-state index in [4.69, 9.17) is 4.74 Å². The second-order valence-electron chi connectivity index (χ2n) is 5.80. The van der Waals surface area contributed by atoms with Crippen LogP contribution in [0.25, 0.3) is 0 Å². The first-order chi connectivity index (χ1) is 9.22. The molecular formula is C17H27NO. The molecule has 106 valence electrons. The second kappa shape index (κ2) is 6.53. The molecule has 1 fully saturated rings. The average Bonchev–Trinajstić information content (AvgIpc) is 2.47. The molecule has 0 saturated heterocycles. The van der Waals surface area contributed by atoms with Crippen molar-refractivity contribution in [1.82, 2.24) is 5.32 Å². The molecule has 2 heteroatoms. The highest BCUT2D eigenvalue weighted by Gasteiger charge is 2.39. The number of hydrogen-bond donors (Lipinski definition) is 1. The lowest BCUT2D eigenvalue weighted by atomic mass is 9.77. The van der Waals surface area contributed by atoms with Crippen LogP contribution in [-0.2, 0) is 11.2 Å². The zero-order chi connectivity index (χ0) is 13.7. The maximum Gasteiger partial charge on any atom is 0.0834 e. The molecule has 1 N–H and O–H groups in total. The molecule has 1 saturated carbocycles. The summed E-state index contributed by atoms with van der Waals surface area (Å²) >= 11 is 0. The highest BCUT2D eigenvalue weighted by Crippen LogP contribution is 2.35. The van der Waals surface area contributed by atoms with E-state index in [0.29, 0.717) is 6.04 Å². The summed E-state index contributed by atoms with van der Waals surface area (Å²) in [6, 6.07) is 9.09. The zero-order valence-corrected chi connectivity index (χ0v) is 12.5. The van der Waals surface area contributed by atoms with Crippen LogP contribution < -0.4 is 5.32 Å². The van der Waals surface area contributed by atoms with Gasteiger partial charge in [0, 0.05) is 13.2 Å². The number of ether oxygens (including phenoxy) is 1. The van der Waals surface area contributed by atoms with Crippen LogP contribution >= 0.6 is 0 Å². The second-order valence-corrected chi connectivity index (χ2v) is 5.80. The van der Waals surface area contributed by atoms with Crippen molar-refractivity contribution in [2.45, 2.75) is 57.1 Å². The highest BCUT2D eigenvalue weighted by atomic mass is 16.5. The van der Waals surface area contributed by atoms with Crippen LogP contribution in [0.5, 0.6) is 0 Å². The summed E-state index contributed by atoms with van der Waals surface area (Å²) in [7, 11) is 3.95. The number of nitrogens with one attached hydrogen (secondary N) is 1. The summed E-state index contributed by atoms with van der Waals surface area (Å²) in [5, 5.41) is 3.51. The average molecular weight is 261 g/mol. The lowest BCUT2D eigenvalue weighted by Crippen LogP contribution is -2.53. The van der Waals surface area contributed by atoms with Crippen LogP contribution in [-0.4, -0.2) is 25.8 Å². The first-order valence-corrected chi connectivity index (χ1v) is 7.49. The monoisotopic (exact) mass is 261 g/mol. The Morgan fingerprint density at radius 1 is 1.21 bits per heavy atom. The first kappa shape index (κ1) is 14.5. The van der Waals surface area contributed by atoms with E-state index in [2.05, 4.69) is 43.6 Å². The van der Waals surface area contributed by atoms with E-state index >= 15 is 0 Å². The van der Waals surface area contributed by atoms with Crippen LogP contribution in [0.2, 0.25) is 0 Å². The van der Waals surface area contributed by atoms with Gasteiger partial charge in [-0.2, -0.15) is 0 Å². The number of likely N-dealkylation sites (N-methyl/N-ethyl adjacent to an activating group) is 1. The van der Waals surface area contributed by atoms with Gasteiger partial charge in [-0.3, -0.25) is 0 Å². The quantitative estimate of drug-likeness (QED) is 0.876. The lowest BCUT2D eigenvalue weighted by Gasteiger charge is -2.42. The molecule has 0 aromatic heterocycles. The summed E-state index contributed by atoms with van der Waals surface area (Å²) in [4.78, 5) is 0. The van der Waals surface area contributed by atoms with Gasteiger partial charge >= 0.3 is 0 Å². The molecule has 2 rings (SSSR count). The van der Waals surface area contributed by atoms with Crippen molar-refractivity contribution < 1.29 is 4.74 Å². The third kappa shape index (κ3) is 3.18. The van der Waals surface area contributed by atoms with Gasteiger partial charge < -0.3 is 10.1 Å². The molecule has 2 nitrogen and oxygen atoms in total. The maximum atomic E-state index is 5.98. The van der Waals surface area contributed by atoms with Crippen molar-refractivity contribution in [2.75, 3.05) is 14.2 Å². The van der Waals surface area contributed by atoms with Gasteiger partial charge in [0.1, 0.15) is 0 Å². The largest absolute Gasteiger partial charge is 0.377 e. The molecule has 0 aliphatic heterocycles. The van der Waals surface area contributed by atoms with E-state index in [1.165, 1.54) is 43.2 Å². The Hall–Kier alpha value is -0.860. The van der Waals surface area contributed by atoms with Crippen LogP contribution in [0.1, 0.15) is 43.2 Å². The Bertz CT molecular complexity index is 396. The topological polar surface area (TPSA) is 21.3 Å². The molecule has 1 atom stereocenters. The summed E-state index contributed by atoms with van der Waals surface area (Å²) in [6.45, 7) is 2.20. The minimum Gasteiger partial charge on any atom is -0.377 e. The Labute approximate surface area is 117 Å². The van der Waals surface area contributed by atoms with Crippen LogP contribution in [0.15, 0.2) is 24.3 Å². The molecule has 1 aliphatic carbocycles. The van der Waals surface area contributed by atoms with Crippen molar-refractivity contribution in [2.24, 2.45) is 0 Å². The third-order valence-electron chi connectivity index (χ3n) is 4.78. The Morgan fingerprint density at radius 3 is 2.47 bits per heavy atom. The summed E-state index contributed by atoms with van der Waals surface area (Å²) in [6.07, 6.45) is 7.35. The van der Waals surface area contributed by atoms with E-state index in [-0.39, 0.29) is 5.60 Å². The number of aryl methyl sites for hydroxylation is 1. The van der Waals surface area contributed by atoms with Gasteiger partial charge in [0.05, 0.1) is 5.60 Å². The molecule has 0 spiro atoms. The molecule has 1 aromatic carbocycles. The standard InChI is InChI=1S/C17H27NO/c1-14-9-5-6-10-15(14)13-16(18-2)17(19-3)11-7-4-8-12-17/h5-6,9-10,16,18H,4,7-8,11-13H2,1-3H3. The molecule has 19 heavy (non-hydrogen) atoms. The maximum absolute atomic E-state index is 5.98. The van der Waals surface area contributed by atoms with Crippen LogP contribution in [0, 0.1) is 6.92 Å². The molecule has 1 unspecified atom stereocenters. The fraction of sp³-hybridized carbons (Fsp3) is 0.647. The molecular weight excluding hydrogens is 234 g/mol. The SMILES string of the molecule is CNC(Cc1ccccc1C)C1(OC)CCCCC1. The Morgan fingerprint density at radius 2 is 1.89 bits per heavy atom. The normalized spacial score (nSPS) is 20.2. The number of benzene rings is 1. The van der Waals surface area contributed by atoms with Crippen molar-refractivity contribution in [3.8, 4) is 0 Å². The molecule has 1 aliphatic rings. The number of rotatable bonds is 5. The third-order valence-corrected chi connectivity index (χ3v) is 4.78. The predicted molar refractivity (Wildman–Crippen MR) is 80.6 cm³/mol. The predicted octanol–water partition coefficient (Wildman–Crippen LogP) is 3.47. The van der Waals surface area contributed by atoms with Crippen molar-refractivity contribution >= 4 is 0 Å². The van der Waals surface area contributed by atoms with Gasteiger partial charge in [-0.15, -0.1) is 0 Å². The molecule has 0 bridgehead atoms. The Kier molecular flexibility index (Phi) is 5.00. The van der Waals surface area contributed by atoms with Gasteiger partial charge in [0.15, 0.2) is 0 Å². The minimum absolute atomic E-state index is 0.0231. The summed E-state index contributed by atoms with van der Waals surface area (Å²) < 4.78 is 5.98. The van der Waals surface area contributed by atoms with Gasteiger partial charge in [-0.05, 0) is 44.4 Å². The molecule has 1 aromatic rings. The number of hydrogen-bond acceptors (Lipinski definition) is 2. The van der Waals surface area contributed by atoms with Gasteiger partial charge in [-0.25, -0.2) is 0 Å². The smallest absolute Gasteiger partial charge is 0.0834 e. The van der Waals surface area contributed by atoms with Crippen LogP contribution in [0.4, 0.5) is 0 Å². The zero-order valence-electron chi connectivity index (χ0n) is 12.5. The minimum atomic E-state index is 0.0231. The fourth-order valence-electron chi connectivity index (χ4n) is 3.46. The molecule has 0 amide bonds. The van der Waals surface area contributed by atoms with Gasteiger partial charge in [0.2, 0.25) is 0 Å². The molecule has 0 radical (unpaired) electrons. The van der Waals surface area contributed by atoms with Crippen molar-refractivity contribution in [3.63, 3.8) is 0 Å². The van der Waals surface area contributed by atoms with E-state index < -0.39 is 0 Å². The van der Waals surface area contributed by atoms with E-state index in [1.54, 1.807) is 0 Å². The van der Waals surface area contributed by atoms with E-state index in [9.17, 15) is 0 Å². The Balaban J connectivity index is 2.17. The van der Waals surface area contributed by atoms with Crippen LogP contribution in [0.3, 0.4) is 0 Å². The first-order valence-electron chi connectivity index (χ1n) is 7.49. The van der Waals surface area contributed by atoms with Crippen molar-refractivity contribution in [3.05, 3.63) is 35.4 Å². The number of methoxy groups -OCH3 is 1.